The van der Waals surface area contributed by atoms with Gasteiger partial charge >= 0.3 is 0 Å². The van der Waals surface area contributed by atoms with E-state index in [1.807, 2.05) is 6.92 Å². The molecule has 0 aliphatic heterocycles. The Hall–Kier alpha value is -1.64. The molecule has 0 aromatic heterocycles. The number of hydrogen-bond donors (Lipinski definition) is 4. The van der Waals surface area contributed by atoms with Crippen molar-refractivity contribution in [2.24, 2.45) is 23.4 Å². The lowest BCUT2D eigenvalue weighted by Gasteiger charge is -2.47. The number of nitrogens with two attached hydrogens (primary N) is 2. The van der Waals surface area contributed by atoms with Crippen molar-refractivity contribution in [2.45, 2.75) is 101 Å². The monoisotopic (exact) mass is 421 g/mol. The van der Waals surface area contributed by atoms with Crippen LogP contribution in [0, 0.1) is 17.0 Å². The molecule has 4 rings (SSSR count). The highest BCUT2D eigenvalue weighted by Crippen LogP contribution is 2.44. The zero-order chi connectivity index (χ0) is 21.7. The van der Waals surface area contributed by atoms with Crippen molar-refractivity contribution in [1.29, 1.82) is 0 Å². The largest absolute Gasteiger partial charge is 0.619 e. The molecule has 4 aliphatic rings. The summed E-state index contributed by atoms with van der Waals surface area (Å²) in [4.78, 5) is 13.0. The number of carbonyl (C=O) groups excluding carboxylic acids is 1. The van der Waals surface area contributed by atoms with Crippen molar-refractivity contribution in [3.8, 4) is 0 Å². The number of rotatable bonds is 7. The molecule has 0 heterocycles. The SMILES string of the molecule is CC(/C=[N+]([O-])\C=C/N)N(N)C1C(O)CCCCC1CC(=O)NC12CCC(CC1)CC2. The lowest BCUT2D eigenvalue weighted by atomic mass is 9.65. The highest BCUT2D eigenvalue weighted by Gasteiger charge is 2.42. The first-order valence-corrected chi connectivity index (χ1v) is 11.5. The second-order valence-corrected chi connectivity index (χ2v) is 9.66. The van der Waals surface area contributed by atoms with Gasteiger partial charge in [0.1, 0.15) is 6.04 Å². The molecule has 8 nitrogen and oxygen atoms in total. The van der Waals surface area contributed by atoms with Gasteiger partial charge in [-0.1, -0.05) is 12.8 Å². The molecule has 4 fully saturated rings. The zero-order valence-corrected chi connectivity index (χ0v) is 18.2. The Morgan fingerprint density at radius 3 is 2.53 bits per heavy atom. The number of hydrogen-bond acceptors (Lipinski definition) is 6. The first kappa shape index (κ1) is 23.0. The fourth-order valence-electron chi connectivity index (χ4n) is 5.80. The molecular weight excluding hydrogens is 382 g/mol. The number of aliphatic hydroxyl groups is 1. The highest BCUT2D eigenvalue weighted by atomic mass is 16.5. The number of nitrogens with one attached hydrogen (secondary N) is 1. The molecule has 4 atom stereocenters. The molecule has 6 N–H and O–H groups in total. The molecule has 2 bridgehead atoms. The Morgan fingerprint density at radius 2 is 1.90 bits per heavy atom. The van der Waals surface area contributed by atoms with Crippen LogP contribution in [0.2, 0.25) is 0 Å². The van der Waals surface area contributed by atoms with E-state index in [1.54, 1.807) is 5.01 Å². The van der Waals surface area contributed by atoms with E-state index in [-0.39, 0.29) is 23.4 Å². The number of fused-ring (bicyclic) bond motifs is 3. The van der Waals surface area contributed by atoms with Crippen LogP contribution >= 0.6 is 0 Å². The van der Waals surface area contributed by atoms with Gasteiger partial charge in [-0.15, -0.1) is 0 Å². The van der Waals surface area contributed by atoms with Crippen molar-refractivity contribution < 1.29 is 14.6 Å². The summed E-state index contributed by atoms with van der Waals surface area (Å²) in [6.45, 7) is 1.81. The standard InChI is InChI=1S/C22H39N5O3/c1-16(15-26(30)13-12-23)27(24)21-18(4-2-3-5-19(21)28)14-20(29)25-22-9-6-17(7-10-22)8-11-22/h12-13,15-19,21,28H,2-11,14,23-24H2,1H3,(H,25,29)/b13-12-,26-15+. The van der Waals surface area contributed by atoms with Crippen LogP contribution < -0.4 is 16.9 Å². The Morgan fingerprint density at radius 1 is 1.27 bits per heavy atom. The maximum Gasteiger partial charge on any atom is 0.220 e. The quantitative estimate of drug-likeness (QED) is 0.124. The van der Waals surface area contributed by atoms with Gasteiger partial charge in [0.05, 0.1) is 18.3 Å². The van der Waals surface area contributed by atoms with E-state index in [9.17, 15) is 15.1 Å². The number of hydroxylamine groups is 1. The molecule has 4 saturated carbocycles. The zero-order valence-electron chi connectivity index (χ0n) is 18.2. The van der Waals surface area contributed by atoms with Gasteiger partial charge in [-0.2, -0.15) is 4.74 Å². The first-order valence-electron chi connectivity index (χ1n) is 11.5. The van der Waals surface area contributed by atoms with Crippen LogP contribution in [0.5, 0.6) is 0 Å². The fourth-order valence-corrected chi connectivity index (χ4v) is 5.80. The maximum absolute atomic E-state index is 13.0. The van der Waals surface area contributed by atoms with Crippen molar-refractivity contribution >= 4 is 12.1 Å². The van der Waals surface area contributed by atoms with Crippen molar-refractivity contribution in [3.63, 3.8) is 0 Å². The topological polar surface area (TPSA) is 131 Å². The van der Waals surface area contributed by atoms with Crippen molar-refractivity contribution in [2.75, 3.05) is 0 Å². The Labute approximate surface area is 179 Å². The van der Waals surface area contributed by atoms with E-state index in [0.717, 1.165) is 44.4 Å². The molecular formula is C22H39N5O3. The molecule has 0 spiro atoms. The lowest BCUT2D eigenvalue weighted by Crippen LogP contribution is -2.58. The molecule has 0 aromatic carbocycles. The summed E-state index contributed by atoms with van der Waals surface area (Å²) >= 11 is 0. The third kappa shape index (κ3) is 5.53. The van der Waals surface area contributed by atoms with Crippen LogP contribution in [-0.4, -0.2) is 50.7 Å². The third-order valence-electron chi connectivity index (χ3n) is 7.56. The van der Waals surface area contributed by atoms with Gasteiger partial charge in [0.25, 0.3) is 0 Å². The van der Waals surface area contributed by atoms with E-state index < -0.39 is 12.1 Å². The smallest absolute Gasteiger partial charge is 0.220 e. The Balaban J connectivity index is 1.68. The molecule has 0 saturated heterocycles. The summed E-state index contributed by atoms with van der Waals surface area (Å²) in [5, 5.41) is 27.6. The van der Waals surface area contributed by atoms with E-state index in [1.165, 1.54) is 37.9 Å². The molecule has 1 amide bonds. The first-order chi connectivity index (χ1) is 14.3. The molecule has 30 heavy (non-hydrogen) atoms. The van der Waals surface area contributed by atoms with E-state index in [0.29, 0.717) is 17.6 Å². The van der Waals surface area contributed by atoms with Gasteiger partial charge in [0.2, 0.25) is 5.91 Å². The number of carbonyl (C=O) groups is 1. The molecule has 8 heteroatoms. The third-order valence-corrected chi connectivity index (χ3v) is 7.56. The van der Waals surface area contributed by atoms with E-state index in [2.05, 4.69) is 5.32 Å². The van der Waals surface area contributed by atoms with Crippen LogP contribution in [0.4, 0.5) is 0 Å². The van der Waals surface area contributed by atoms with Crippen LogP contribution in [-0.2, 0) is 4.79 Å². The second-order valence-electron chi connectivity index (χ2n) is 9.66. The summed E-state index contributed by atoms with van der Waals surface area (Å²) in [6, 6.07) is -0.784. The molecule has 4 unspecified atom stereocenters. The summed E-state index contributed by atoms with van der Waals surface area (Å²) in [5.74, 6) is 7.26. The van der Waals surface area contributed by atoms with Crippen LogP contribution in [0.1, 0.15) is 77.6 Å². The summed E-state index contributed by atoms with van der Waals surface area (Å²) in [7, 11) is 0. The molecule has 0 radical (unpaired) electrons. The van der Waals surface area contributed by atoms with Gasteiger partial charge in [-0.05, 0) is 70.1 Å². The normalized spacial score (nSPS) is 36.1. The fraction of sp³-hybridized carbons (Fsp3) is 0.818. The van der Waals surface area contributed by atoms with Crippen LogP contribution in [0.25, 0.3) is 0 Å². The van der Waals surface area contributed by atoms with Gasteiger partial charge < -0.3 is 21.4 Å². The molecule has 4 aliphatic carbocycles. The predicted octanol–water partition coefficient (Wildman–Crippen LogP) is 1.71. The number of hydrazine groups is 1. The second kappa shape index (κ2) is 10.1. The van der Waals surface area contributed by atoms with Gasteiger partial charge in [-0.3, -0.25) is 10.6 Å². The molecule has 0 aromatic rings. The summed E-state index contributed by atoms with van der Waals surface area (Å²) in [6.07, 6.45) is 13.8. The van der Waals surface area contributed by atoms with Gasteiger partial charge in [0.15, 0.2) is 12.4 Å². The van der Waals surface area contributed by atoms with Crippen LogP contribution in [0.3, 0.4) is 0 Å². The minimum atomic E-state index is -0.625. The Kier molecular flexibility index (Phi) is 7.76. The van der Waals surface area contributed by atoms with Crippen molar-refractivity contribution in [3.05, 3.63) is 17.6 Å². The minimum absolute atomic E-state index is 0.0221. The lowest BCUT2D eigenvalue weighted by molar-refractivity contribution is -0.376. The number of nitrogens with zero attached hydrogens (tertiary/aromatic N) is 2. The van der Waals surface area contributed by atoms with E-state index >= 15 is 0 Å². The average Bonchev–Trinajstić information content (AvgIpc) is 2.89. The average molecular weight is 422 g/mol. The highest BCUT2D eigenvalue weighted by molar-refractivity contribution is 5.77. The van der Waals surface area contributed by atoms with E-state index in [4.69, 9.17) is 11.6 Å². The summed E-state index contributed by atoms with van der Waals surface area (Å²) in [5.41, 5.74) is 5.25. The maximum atomic E-state index is 13.0. The minimum Gasteiger partial charge on any atom is -0.619 e. The van der Waals surface area contributed by atoms with Gasteiger partial charge in [0, 0.05) is 12.0 Å². The Bertz CT molecular complexity index is 631. The van der Waals surface area contributed by atoms with Crippen LogP contribution in [0.15, 0.2) is 12.4 Å². The summed E-state index contributed by atoms with van der Waals surface area (Å²) < 4.78 is 0.619. The molecule has 170 valence electrons. The van der Waals surface area contributed by atoms with Gasteiger partial charge in [-0.25, -0.2) is 5.01 Å². The van der Waals surface area contributed by atoms with Crippen molar-refractivity contribution in [1.82, 2.24) is 10.3 Å². The predicted molar refractivity (Wildman–Crippen MR) is 117 cm³/mol. The number of amides is 1. The number of aliphatic hydroxyl groups excluding tert-OH is 1.